The molecular formula is C25H38O5. The topological polar surface area (TPSA) is 65.0 Å². The zero-order valence-electron chi connectivity index (χ0n) is 19.0. The SMILES string of the molecule is CC(=O)OC1CC2C(CC=C3CC(O)CCC32C)C2CCC(C3(C)OCCO3)C12C. The first-order valence-electron chi connectivity index (χ1n) is 12.0. The summed E-state index contributed by atoms with van der Waals surface area (Å²) in [4.78, 5) is 12.2. The summed E-state index contributed by atoms with van der Waals surface area (Å²) >= 11 is 0. The predicted octanol–water partition coefficient (Wildman–Crippen LogP) is 4.23. The van der Waals surface area contributed by atoms with E-state index in [4.69, 9.17) is 14.2 Å². The quantitative estimate of drug-likeness (QED) is 0.537. The van der Waals surface area contributed by atoms with Crippen molar-refractivity contribution >= 4 is 5.97 Å². The highest BCUT2D eigenvalue weighted by Crippen LogP contribution is 2.68. The van der Waals surface area contributed by atoms with Crippen molar-refractivity contribution in [2.45, 2.75) is 90.6 Å². The summed E-state index contributed by atoms with van der Waals surface area (Å²) in [5.74, 6) is 1.07. The molecule has 3 saturated carbocycles. The number of aliphatic hydroxyl groups is 1. The molecule has 0 radical (unpaired) electrons. The maximum absolute atomic E-state index is 12.2. The van der Waals surface area contributed by atoms with Gasteiger partial charge in [0, 0.05) is 18.3 Å². The monoisotopic (exact) mass is 418 g/mol. The van der Waals surface area contributed by atoms with Gasteiger partial charge in [0.05, 0.1) is 19.3 Å². The van der Waals surface area contributed by atoms with Gasteiger partial charge in [-0.3, -0.25) is 4.79 Å². The number of rotatable bonds is 2. The second-order valence-corrected chi connectivity index (χ2v) is 11.2. The van der Waals surface area contributed by atoms with Gasteiger partial charge in [-0.05, 0) is 75.0 Å². The van der Waals surface area contributed by atoms with Crippen molar-refractivity contribution in [2.75, 3.05) is 13.2 Å². The van der Waals surface area contributed by atoms with Crippen LogP contribution in [-0.2, 0) is 19.0 Å². The molecular weight excluding hydrogens is 380 g/mol. The molecule has 0 aromatic carbocycles. The normalized spacial score (nSPS) is 49.6. The van der Waals surface area contributed by atoms with E-state index in [1.165, 1.54) is 5.57 Å². The Morgan fingerprint density at radius 2 is 1.87 bits per heavy atom. The third kappa shape index (κ3) is 2.87. The minimum atomic E-state index is -0.580. The van der Waals surface area contributed by atoms with Crippen molar-refractivity contribution in [1.29, 1.82) is 0 Å². The van der Waals surface area contributed by atoms with Crippen LogP contribution in [0.4, 0.5) is 0 Å². The Kier molecular flexibility index (Phi) is 4.92. The minimum Gasteiger partial charge on any atom is -0.462 e. The van der Waals surface area contributed by atoms with Gasteiger partial charge < -0.3 is 19.3 Å². The largest absolute Gasteiger partial charge is 0.462 e. The maximum Gasteiger partial charge on any atom is 0.302 e. The fourth-order valence-electron chi connectivity index (χ4n) is 8.53. The van der Waals surface area contributed by atoms with E-state index < -0.39 is 5.79 Å². The average Bonchev–Trinajstić information content (AvgIpc) is 3.27. The lowest BCUT2D eigenvalue weighted by atomic mass is 9.46. The average molecular weight is 419 g/mol. The molecule has 0 spiro atoms. The highest BCUT2D eigenvalue weighted by atomic mass is 16.7. The molecule has 168 valence electrons. The molecule has 8 unspecified atom stereocenters. The molecule has 1 saturated heterocycles. The highest BCUT2D eigenvalue weighted by Gasteiger charge is 2.67. The summed E-state index contributed by atoms with van der Waals surface area (Å²) in [7, 11) is 0. The Morgan fingerprint density at radius 1 is 1.13 bits per heavy atom. The smallest absolute Gasteiger partial charge is 0.302 e. The summed E-state index contributed by atoms with van der Waals surface area (Å²) in [5.41, 5.74) is 1.42. The predicted molar refractivity (Wildman–Crippen MR) is 112 cm³/mol. The number of fused-ring (bicyclic) bond motifs is 5. The van der Waals surface area contributed by atoms with Gasteiger partial charge in [-0.1, -0.05) is 25.5 Å². The van der Waals surface area contributed by atoms with Crippen LogP contribution in [0.25, 0.3) is 0 Å². The van der Waals surface area contributed by atoms with Crippen LogP contribution < -0.4 is 0 Å². The van der Waals surface area contributed by atoms with Crippen LogP contribution >= 0.6 is 0 Å². The number of hydrogen-bond donors (Lipinski definition) is 1. The van der Waals surface area contributed by atoms with Gasteiger partial charge in [-0.15, -0.1) is 0 Å². The molecule has 0 amide bonds. The third-order valence-corrected chi connectivity index (χ3v) is 9.95. The van der Waals surface area contributed by atoms with Crippen LogP contribution in [0.15, 0.2) is 11.6 Å². The summed E-state index contributed by atoms with van der Waals surface area (Å²) in [6.07, 6.45) is 9.05. The maximum atomic E-state index is 12.2. The van der Waals surface area contributed by atoms with Gasteiger partial charge in [0.1, 0.15) is 6.10 Å². The number of hydrogen-bond acceptors (Lipinski definition) is 5. The lowest BCUT2D eigenvalue weighted by Gasteiger charge is -2.60. The zero-order valence-corrected chi connectivity index (χ0v) is 19.0. The third-order valence-electron chi connectivity index (χ3n) is 9.95. The highest BCUT2D eigenvalue weighted by molar-refractivity contribution is 5.66. The Balaban J connectivity index is 1.54. The van der Waals surface area contributed by atoms with Gasteiger partial charge in [-0.25, -0.2) is 0 Å². The van der Waals surface area contributed by atoms with Crippen LogP contribution in [0.5, 0.6) is 0 Å². The van der Waals surface area contributed by atoms with E-state index >= 15 is 0 Å². The van der Waals surface area contributed by atoms with Crippen molar-refractivity contribution in [3.63, 3.8) is 0 Å². The van der Waals surface area contributed by atoms with E-state index in [-0.39, 0.29) is 34.9 Å². The van der Waals surface area contributed by atoms with Crippen LogP contribution in [0.2, 0.25) is 0 Å². The van der Waals surface area contributed by atoms with E-state index in [1.807, 2.05) is 0 Å². The van der Waals surface area contributed by atoms with Gasteiger partial charge in [0.15, 0.2) is 5.79 Å². The van der Waals surface area contributed by atoms with Crippen molar-refractivity contribution in [2.24, 2.45) is 34.5 Å². The first kappa shape index (κ1) is 21.0. The lowest BCUT2D eigenvalue weighted by molar-refractivity contribution is -0.240. The summed E-state index contributed by atoms with van der Waals surface area (Å²) in [6.45, 7) is 9.68. The Morgan fingerprint density at radius 3 is 2.57 bits per heavy atom. The van der Waals surface area contributed by atoms with E-state index in [1.54, 1.807) is 6.92 Å². The molecule has 0 aromatic rings. The molecule has 1 aliphatic heterocycles. The molecule has 5 heteroatoms. The Hall–Kier alpha value is -0.910. The van der Waals surface area contributed by atoms with E-state index in [9.17, 15) is 9.90 Å². The van der Waals surface area contributed by atoms with Crippen LogP contribution in [0, 0.1) is 34.5 Å². The van der Waals surface area contributed by atoms with Gasteiger partial charge >= 0.3 is 5.97 Å². The number of carbonyl (C=O) groups excluding carboxylic acids is 1. The number of esters is 1. The van der Waals surface area contributed by atoms with E-state index in [0.717, 1.165) is 44.9 Å². The molecule has 4 fully saturated rings. The molecule has 1 N–H and O–H groups in total. The Bertz CT molecular complexity index is 740. The number of aliphatic hydroxyl groups excluding tert-OH is 1. The molecule has 5 aliphatic rings. The van der Waals surface area contributed by atoms with Crippen molar-refractivity contribution in [1.82, 2.24) is 0 Å². The molecule has 8 atom stereocenters. The van der Waals surface area contributed by atoms with Crippen molar-refractivity contribution in [3.05, 3.63) is 11.6 Å². The second kappa shape index (κ2) is 7.05. The lowest BCUT2D eigenvalue weighted by Crippen LogP contribution is -2.59. The first-order chi connectivity index (χ1) is 14.2. The van der Waals surface area contributed by atoms with Gasteiger partial charge in [0.2, 0.25) is 0 Å². The summed E-state index contributed by atoms with van der Waals surface area (Å²) < 4.78 is 18.4. The van der Waals surface area contributed by atoms with Crippen LogP contribution in [0.1, 0.15) is 72.6 Å². The molecule has 4 aliphatic carbocycles. The fraction of sp³-hybridized carbons (Fsp3) is 0.880. The summed E-state index contributed by atoms with van der Waals surface area (Å²) in [6, 6.07) is 0. The van der Waals surface area contributed by atoms with Crippen molar-refractivity contribution < 1.29 is 24.1 Å². The standard InChI is InChI=1S/C25H38O5/c1-15(26)30-22-14-20-18(6-5-16-13-17(27)9-10-23(16,20)2)19-7-8-21(24(19,22)3)25(4)28-11-12-29-25/h5,17-22,27H,6-14H2,1-4H3. The van der Waals surface area contributed by atoms with E-state index in [2.05, 4.69) is 26.8 Å². The second-order valence-electron chi connectivity index (χ2n) is 11.2. The zero-order chi connectivity index (χ0) is 21.3. The molecule has 0 bridgehead atoms. The summed E-state index contributed by atoms with van der Waals surface area (Å²) in [5, 5.41) is 10.3. The minimum absolute atomic E-state index is 0.110. The molecule has 0 aromatic heterocycles. The van der Waals surface area contributed by atoms with Gasteiger partial charge in [0.25, 0.3) is 0 Å². The molecule has 1 heterocycles. The number of allylic oxidation sites excluding steroid dienone is 1. The Labute approximate surface area is 180 Å². The first-order valence-corrected chi connectivity index (χ1v) is 12.0. The van der Waals surface area contributed by atoms with Gasteiger partial charge in [-0.2, -0.15) is 0 Å². The number of carbonyl (C=O) groups is 1. The van der Waals surface area contributed by atoms with Crippen molar-refractivity contribution in [3.8, 4) is 0 Å². The molecule has 5 nitrogen and oxygen atoms in total. The fourth-order valence-corrected chi connectivity index (χ4v) is 8.53. The van der Waals surface area contributed by atoms with Crippen LogP contribution in [0.3, 0.4) is 0 Å². The molecule has 5 rings (SSSR count). The number of ether oxygens (including phenoxy) is 3. The van der Waals surface area contributed by atoms with E-state index in [0.29, 0.717) is 31.0 Å². The molecule has 30 heavy (non-hydrogen) atoms. The van der Waals surface area contributed by atoms with Crippen LogP contribution in [-0.4, -0.2) is 42.3 Å².